The Morgan fingerprint density at radius 2 is 1.77 bits per heavy atom. The van der Waals surface area contributed by atoms with E-state index < -0.39 is 0 Å². The average Bonchev–Trinajstić information content (AvgIpc) is 2.82. The molecule has 31 heavy (non-hydrogen) atoms. The normalized spacial score (nSPS) is 14.8. The SMILES string of the molecule is CN=C(NCCOc1ccccc1Cl)NC1CCN(c2cc(OC)cc(OC)c2)CC1. The molecular weight excluding hydrogens is 416 g/mol. The van der Waals surface area contributed by atoms with E-state index >= 15 is 0 Å². The summed E-state index contributed by atoms with van der Waals surface area (Å²) in [5.74, 6) is 3.08. The highest BCUT2D eigenvalue weighted by Gasteiger charge is 2.21. The summed E-state index contributed by atoms with van der Waals surface area (Å²) in [4.78, 5) is 6.69. The quantitative estimate of drug-likeness (QED) is 0.367. The first-order valence-corrected chi connectivity index (χ1v) is 10.8. The first-order chi connectivity index (χ1) is 15.1. The molecule has 0 radical (unpaired) electrons. The summed E-state index contributed by atoms with van der Waals surface area (Å²) in [5, 5.41) is 7.43. The lowest BCUT2D eigenvalue weighted by atomic mass is 10.0. The van der Waals surface area contributed by atoms with Crippen molar-refractivity contribution in [3.8, 4) is 17.2 Å². The molecular formula is C23H31ClN4O3. The summed E-state index contributed by atoms with van der Waals surface area (Å²) in [6, 6.07) is 13.8. The van der Waals surface area contributed by atoms with E-state index in [1.165, 1.54) is 0 Å². The van der Waals surface area contributed by atoms with Crippen LogP contribution in [0, 0.1) is 0 Å². The van der Waals surface area contributed by atoms with Gasteiger partial charge in [-0.2, -0.15) is 0 Å². The molecule has 168 valence electrons. The Bertz CT molecular complexity index is 847. The fourth-order valence-electron chi connectivity index (χ4n) is 3.54. The number of rotatable bonds is 8. The van der Waals surface area contributed by atoms with Crippen molar-refractivity contribution in [1.82, 2.24) is 10.6 Å². The molecule has 0 amide bonds. The standard InChI is InChI=1S/C23H31ClN4O3/c1-25-23(26-10-13-31-22-7-5-4-6-21(22)24)27-17-8-11-28(12-9-17)18-14-19(29-2)16-20(15-18)30-3/h4-7,14-17H,8-13H2,1-3H3,(H2,25,26,27). The molecule has 2 aromatic carbocycles. The van der Waals surface area contributed by atoms with Crippen LogP contribution in [0.1, 0.15) is 12.8 Å². The molecule has 1 heterocycles. The predicted molar refractivity (Wildman–Crippen MR) is 126 cm³/mol. The number of halogens is 1. The Morgan fingerprint density at radius 3 is 2.39 bits per heavy atom. The highest BCUT2D eigenvalue weighted by molar-refractivity contribution is 6.32. The highest BCUT2D eigenvalue weighted by Crippen LogP contribution is 2.30. The Hall–Kier alpha value is -2.80. The van der Waals surface area contributed by atoms with Gasteiger partial charge < -0.3 is 29.7 Å². The molecule has 2 aromatic rings. The number of aliphatic imine (C=N–C) groups is 1. The number of anilines is 1. The fourth-order valence-corrected chi connectivity index (χ4v) is 3.73. The van der Waals surface area contributed by atoms with E-state index in [1.54, 1.807) is 21.3 Å². The van der Waals surface area contributed by atoms with E-state index in [0.29, 0.717) is 30.0 Å². The minimum atomic E-state index is 0.361. The van der Waals surface area contributed by atoms with Crippen LogP contribution < -0.4 is 29.7 Å². The molecule has 0 aliphatic carbocycles. The number of guanidine groups is 1. The third-order valence-electron chi connectivity index (χ3n) is 5.25. The van der Waals surface area contributed by atoms with Crippen molar-refractivity contribution >= 4 is 23.2 Å². The van der Waals surface area contributed by atoms with Crippen LogP contribution in [0.2, 0.25) is 5.02 Å². The van der Waals surface area contributed by atoms with Crippen LogP contribution in [0.3, 0.4) is 0 Å². The van der Waals surface area contributed by atoms with Gasteiger partial charge in [-0.15, -0.1) is 0 Å². The second-order valence-electron chi connectivity index (χ2n) is 7.25. The lowest BCUT2D eigenvalue weighted by Gasteiger charge is -2.34. The fraction of sp³-hybridized carbons (Fsp3) is 0.435. The molecule has 0 spiro atoms. The smallest absolute Gasteiger partial charge is 0.191 e. The molecule has 1 aliphatic rings. The van der Waals surface area contributed by atoms with E-state index in [4.69, 9.17) is 25.8 Å². The van der Waals surface area contributed by atoms with Gasteiger partial charge in [-0.1, -0.05) is 23.7 Å². The molecule has 1 aliphatic heterocycles. The van der Waals surface area contributed by atoms with E-state index in [1.807, 2.05) is 30.3 Å². The second kappa shape index (κ2) is 11.6. The van der Waals surface area contributed by atoms with Crippen LogP contribution in [-0.4, -0.2) is 59.5 Å². The largest absolute Gasteiger partial charge is 0.497 e. The van der Waals surface area contributed by atoms with Crippen LogP contribution in [0.15, 0.2) is 47.5 Å². The van der Waals surface area contributed by atoms with Gasteiger partial charge in [-0.3, -0.25) is 4.99 Å². The number of para-hydroxylation sites is 1. The summed E-state index contributed by atoms with van der Waals surface area (Å²) in [6.07, 6.45) is 2.02. The van der Waals surface area contributed by atoms with Crippen LogP contribution in [-0.2, 0) is 0 Å². The van der Waals surface area contributed by atoms with E-state index in [9.17, 15) is 0 Å². The van der Waals surface area contributed by atoms with E-state index in [0.717, 1.165) is 49.1 Å². The summed E-state index contributed by atoms with van der Waals surface area (Å²) in [5.41, 5.74) is 1.12. The maximum Gasteiger partial charge on any atom is 0.191 e. The minimum absolute atomic E-state index is 0.361. The maximum atomic E-state index is 6.11. The first kappa shape index (κ1) is 22.9. The van der Waals surface area contributed by atoms with Gasteiger partial charge in [0.15, 0.2) is 5.96 Å². The second-order valence-corrected chi connectivity index (χ2v) is 7.66. The molecule has 8 heteroatoms. The minimum Gasteiger partial charge on any atom is -0.497 e. The monoisotopic (exact) mass is 446 g/mol. The van der Waals surface area contributed by atoms with Crippen molar-refractivity contribution in [3.63, 3.8) is 0 Å². The van der Waals surface area contributed by atoms with Gasteiger partial charge in [-0.05, 0) is 25.0 Å². The van der Waals surface area contributed by atoms with Gasteiger partial charge in [0.25, 0.3) is 0 Å². The van der Waals surface area contributed by atoms with Gasteiger partial charge in [-0.25, -0.2) is 0 Å². The highest BCUT2D eigenvalue weighted by atomic mass is 35.5. The topological polar surface area (TPSA) is 67.4 Å². The lowest BCUT2D eigenvalue weighted by Crippen LogP contribution is -2.49. The first-order valence-electron chi connectivity index (χ1n) is 10.5. The van der Waals surface area contributed by atoms with Crippen molar-refractivity contribution in [2.24, 2.45) is 4.99 Å². The number of nitrogens with one attached hydrogen (secondary N) is 2. The van der Waals surface area contributed by atoms with E-state index in [-0.39, 0.29) is 0 Å². The number of methoxy groups -OCH3 is 2. The molecule has 3 rings (SSSR count). The summed E-state index contributed by atoms with van der Waals surface area (Å²) in [7, 11) is 5.13. The zero-order chi connectivity index (χ0) is 22.1. The Balaban J connectivity index is 1.43. The van der Waals surface area contributed by atoms with Crippen molar-refractivity contribution in [2.45, 2.75) is 18.9 Å². The molecule has 1 fully saturated rings. The van der Waals surface area contributed by atoms with Gasteiger partial charge >= 0.3 is 0 Å². The predicted octanol–water partition coefficient (Wildman–Crippen LogP) is 3.57. The molecule has 0 aromatic heterocycles. The summed E-state index contributed by atoms with van der Waals surface area (Å²) in [6.45, 7) is 3.02. The van der Waals surface area contributed by atoms with Crippen molar-refractivity contribution in [3.05, 3.63) is 47.5 Å². The van der Waals surface area contributed by atoms with E-state index in [2.05, 4.69) is 32.7 Å². The third kappa shape index (κ3) is 6.59. The number of hydrogen-bond acceptors (Lipinski definition) is 5. The molecule has 0 atom stereocenters. The van der Waals surface area contributed by atoms with Gasteiger partial charge in [0.05, 0.1) is 25.8 Å². The van der Waals surface area contributed by atoms with Crippen LogP contribution in [0.25, 0.3) is 0 Å². The maximum absolute atomic E-state index is 6.11. The molecule has 0 unspecified atom stereocenters. The molecule has 0 bridgehead atoms. The van der Waals surface area contributed by atoms with Crippen molar-refractivity contribution < 1.29 is 14.2 Å². The number of piperidine rings is 1. The Morgan fingerprint density at radius 1 is 1.10 bits per heavy atom. The van der Waals surface area contributed by atoms with Gasteiger partial charge in [0.1, 0.15) is 23.9 Å². The average molecular weight is 447 g/mol. The molecule has 7 nitrogen and oxygen atoms in total. The zero-order valence-corrected chi connectivity index (χ0v) is 19.1. The lowest BCUT2D eigenvalue weighted by molar-refractivity contribution is 0.321. The van der Waals surface area contributed by atoms with Crippen molar-refractivity contribution in [2.75, 3.05) is 52.4 Å². The molecule has 2 N–H and O–H groups in total. The van der Waals surface area contributed by atoms with Crippen LogP contribution in [0.5, 0.6) is 17.2 Å². The van der Waals surface area contributed by atoms with Gasteiger partial charge in [0, 0.05) is 50.1 Å². The molecule has 1 saturated heterocycles. The summed E-state index contributed by atoms with van der Waals surface area (Å²) < 4.78 is 16.5. The third-order valence-corrected chi connectivity index (χ3v) is 5.56. The van der Waals surface area contributed by atoms with Crippen LogP contribution >= 0.6 is 11.6 Å². The molecule has 0 saturated carbocycles. The number of nitrogens with zero attached hydrogens (tertiary/aromatic N) is 2. The number of ether oxygens (including phenoxy) is 3. The van der Waals surface area contributed by atoms with Crippen LogP contribution in [0.4, 0.5) is 5.69 Å². The summed E-state index contributed by atoms with van der Waals surface area (Å²) >= 11 is 6.11. The Labute approximate surface area is 189 Å². The zero-order valence-electron chi connectivity index (χ0n) is 18.4. The number of benzene rings is 2. The van der Waals surface area contributed by atoms with Gasteiger partial charge in [0.2, 0.25) is 0 Å². The number of hydrogen-bond donors (Lipinski definition) is 2. The van der Waals surface area contributed by atoms with Crippen molar-refractivity contribution in [1.29, 1.82) is 0 Å². The Kier molecular flexibility index (Phi) is 8.53.